The number of rotatable bonds is 7. The molecule has 1 aromatic heterocycles. The number of likely N-dealkylation sites (tertiary alicyclic amines) is 1. The molecule has 1 aliphatic heterocycles. The maximum atomic E-state index is 12.7. The molecule has 1 amide bonds. The highest BCUT2D eigenvalue weighted by molar-refractivity contribution is 8.14. The van der Waals surface area contributed by atoms with Gasteiger partial charge in [0.15, 0.2) is 0 Å². The van der Waals surface area contributed by atoms with Crippen molar-refractivity contribution in [3.8, 4) is 0 Å². The molecule has 0 aliphatic carbocycles. The van der Waals surface area contributed by atoms with Crippen LogP contribution in [0.5, 0.6) is 0 Å². The average Bonchev–Trinajstić information content (AvgIpc) is 3.41. The van der Waals surface area contributed by atoms with Gasteiger partial charge in [-0.3, -0.25) is 15.0 Å². The van der Waals surface area contributed by atoms with Crippen molar-refractivity contribution in [2.75, 3.05) is 31.6 Å². The van der Waals surface area contributed by atoms with E-state index in [1.807, 2.05) is 43.5 Å². The maximum Gasteiger partial charge on any atom is 0.261 e. The predicted octanol–water partition coefficient (Wildman–Crippen LogP) is 4.50. The minimum absolute atomic E-state index is 0.00480. The van der Waals surface area contributed by atoms with Gasteiger partial charge in [-0.05, 0) is 50.3 Å². The first-order chi connectivity index (χ1) is 14.0. The van der Waals surface area contributed by atoms with Crippen molar-refractivity contribution in [1.29, 1.82) is 5.41 Å². The van der Waals surface area contributed by atoms with Gasteiger partial charge < -0.3 is 10.2 Å². The Morgan fingerprint density at radius 3 is 2.62 bits per heavy atom. The van der Waals surface area contributed by atoms with Crippen LogP contribution in [0.25, 0.3) is 0 Å². The minimum atomic E-state index is -0.0919. The largest absolute Gasteiger partial charge is 0.357 e. The number of hydrogen-bond acceptors (Lipinski definition) is 6. The van der Waals surface area contributed by atoms with Crippen LogP contribution in [0.15, 0.2) is 35.2 Å². The summed E-state index contributed by atoms with van der Waals surface area (Å²) in [6.07, 6.45) is 4.21. The maximum absolute atomic E-state index is 12.7. The molecule has 0 atom stereocenters. The van der Waals surface area contributed by atoms with Gasteiger partial charge in [-0.2, -0.15) is 0 Å². The molecule has 0 radical (unpaired) electrons. The number of nitrogens with zero attached hydrogens (tertiary/aromatic N) is 1. The zero-order chi connectivity index (χ0) is 20.8. The molecule has 29 heavy (non-hydrogen) atoms. The first-order valence-corrected chi connectivity index (χ1v) is 12.6. The highest BCUT2D eigenvalue weighted by atomic mass is 32.2. The third kappa shape index (κ3) is 5.65. The molecule has 8 heteroatoms. The molecule has 2 heterocycles. The molecular weight excluding hydrogens is 422 g/mol. The number of aryl methyl sites for hydroxylation is 1. The molecule has 1 fully saturated rings. The van der Waals surface area contributed by atoms with E-state index in [4.69, 9.17) is 5.41 Å². The summed E-state index contributed by atoms with van der Waals surface area (Å²) in [5.74, 6) is 0.968. The molecule has 0 spiro atoms. The van der Waals surface area contributed by atoms with E-state index in [1.165, 1.54) is 34.9 Å². The number of amides is 1. The number of thiophene rings is 1. The normalized spacial score (nSPS) is 13.5. The lowest BCUT2D eigenvalue weighted by Gasteiger charge is -2.19. The van der Waals surface area contributed by atoms with Crippen LogP contribution in [0.3, 0.4) is 0 Å². The van der Waals surface area contributed by atoms with Crippen molar-refractivity contribution < 1.29 is 9.59 Å². The van der Waals surface area contributed by atoms with E-state index in [0.717, 1.165) is 41.3 Å². The lowest BCUT2D eigenvalue weighted by Crippen LogP contribution is -2.27. The molecule has 5 nitrogen and oxygen atoms in total. The van der Waals surface area contributed by atoms with Crippen LogP contribution in [0.4, 0.5) is 0 Å². The van der Waals surface area contributed by atoms with E-state index in [0.29, 0.717) is 28.6 Å². The highest BCUT2D eigenvalue weighted by Crippen LogP contribution is 2.27. The van der Waals surface area contributed by atoms with Crippen LogP contribution in [0.2, 0.25) is 0 Å². The van der Waals surface area contributed by atoms with E-state index in [1.54, 1.807) is 0 Å². The molecule has 2 N–H and O–H groups in total. The fourth-order valence-corrected chi connectivity index (χ4v) is 5.36. The topological polar surface area (TPSA) is 73.3 Å². The number of amidine groups is 1. The van der Waals surface area contributed by atoms with Gasteiger partial charge in [0.1, 0.15) is 5.84 Å². The number of benzene rings is 1. The van der Waals surface area contributed by atoms with Crippen molar-refractivity contribution in [2.45, 2.75) is 24.7 Å². The van der Waals surface area contributed by atoms with Gasteiger partial charge >= 0.3 is 0 Å². The van der Waals surface area contributed by atoms with E-state index < -0.39 is 0 Å². The molecule has 3 rings (SSSR count). The Morgan fingerprint density at radius 1 is 1.21 bits per heavy atom. The molecule has 1 aromatic carbocycles. The number of nitrogens with one attached hydrogen (secondary N) is 2. The second-order valence-electron chi connectivity index (χ2n) is 6.76. The number of carbonyl (C=O) groups is 2. The Labute approximate surface area is 184 Å². The summed E-state index contributed by atoms with van der Waals surface area (Å²) in [5.41, 5.74) is 1.52. The second kappa shape index (κ2) is 10.3. The van der Waals surface area contributed by atoms with Crippen LogP contribution in [-0.2, 0) is 0 Å². The van der Waals surface area contributed by atoms with Crippen molar-refractivity contribution in [3.05, 3.63) is 51.2 Å². The lowest BCUT2D eigenvalue weighted by atomic mass is 10.1. The van der Waals surface area contributed by atoms with Crippen LogP contribution in [-0.4, -0.2) is 53.4 Å². The number of thioether (sulfide) groups is 2. The first-order valence-electron chi connectivity index (χ1n) is 9.53. The summed E-state index contributed by atoms with van der Waals surface area (Å²) < 4.78 is 0. The third-order valence-electron chi connectivity index (χ3n) is 4.70. The average molecular weight is 448 g/mol. The zero-order valence-corrected chi connectivity index (χ0v) is 19.1. The Morgan fingerprint density at radius 2 is 1.97 bits per heavy atom. The van der Waals surface area contributed by atoms with Gasteiger partial charge in [0.25, 0.3) is 5.91 Å². The van der Waals surface area contributed by atoms with Gasteiger partial charge in [-0.15, -0.1) is 23.1 Å². The molecule has 1 saturated heterocycles. The Balaban J connectivity index is 1.54. The molecule has 1 aliphatic rings. The van der Waals surface area contributed by atoms with E-state index in [2.05, 4.69) is 10.2 Å². The quantitative estimate of drug-likeness (QED) is 0.283. The third-order valence-corrected chi connectivity index (χ3v) is 7.37. The molecular formula is C21H25N3O2S3. The van der Waals surface area contributed by atoms with Crippen LogP contribution in [0, 0.1) is 12.3 Å². The Kier molecular flexibility index (Phi) is 7.80. The van der Waals surface area contributed by atoms with Crippen LogP contribution < -0.4 is 5.32 Å². The van der Waals surface area contributed by atoms with Crippen molar-refractivity contribution in [3.63, 3.8) is 0 Å². The number of carbonyl (C=O) groups excluding carboxylic acids is 2. The van der Waals surface area contributed by atoms with Crippen LogP contribution >= 0.6 is 34.9 Å². The van der Waals surface area contributed by atoms with Crippen molar-refractivity contribution >= 4 is 51.7 Å². The first kappa shape index (κ1) is 21.9. The summed E-state index contributed by atoms with van der Waals surface area (Å²) in [7, 11) is 0. The SMILES string of the molecule is CSc1cc(C(=N)N2CCCC2)ccc1C(=O)SCCNC(=O)c1ccc(C)s1. The molecule has 2 aromatic rings. The second-order valence-corrected chi connectivity index (χ2v) is 9.96. The highest BCUT2D eigenvalue weighted by Gasteiger charge is 2.19. The van der Waals surface area contributed by atoms with Crippen molar-refractivity contribution in [1.82, 2.24) is 10.2 Å². The summed E-state index contributed by atoms with van der Waals surface area (Å²) >= 11 is 4.20. The fraction of sp³-hybridized carbons (Fsp3) is 0.381. The van der Waals surface area contributed by atoms with E-state index in [9.17, 15) is 9.59 Å². The van der Waals surface area contributed by atoms with Crippen molar-refractivity contribution in [2.24, 2.45) is 0 Å². The van der Waals surface area contributed by atoms with E-state index in [-0.39, 0.29) is 11.0 Å². The Bertz CT molecular complexity index is 904. The predicted molar refractivity (Wildman–Crippen MR) is 124 cm³/mol. The zero-order valence-electron chi connectivity index (χ0n) is 16.6. The van der Waals surface area contributed by atoms with Gasteiger partial charge in [0.2, 0.25) is 5.12 Å². The smallest absolute Gasteiger partial charge is 0.261 e. The van der Waals surface area contributed by atoms with E-state index >= 15 is 0 Å². The standard InChI is InChI=1S/C21H25N3O2S3/c1-14-5-8-17(29-14)20(25)23-9-12-28-21(26)16-7-6-15(13-18(16)27-2)19(22)24-10-3-4-11-24/h5-8,13,22H,3-4,9-12H2,1-2H3,(H,23,25). The fourth-order valence-electron chi connectivity index (χ4n) is 3.16. The van der Waals surface area contributed by atoms with Gasteiger partial charge in [-0.1, -0.05) is 17.8 Å². The van der Waals surface area contributed by atoms with Crippen LogP contribution in [0.1, 0.15) is 43.3 Å². The summed E-state index contributed by atoms with van der Waals surface area (Å²) in [6.45, 7) is 4.27. The minimum Gasteiger partial charge on any atom is -0.357 e. The molecule has 0 bridgehead atoms. The lowest BCUT2D eigenvalue weighted by molar-refractivity contribution is 0.0959. The summed E-state index contributed by atoms with van der Waals surface area (Å²) in [4.78, 5) is 29.5. The number of hydrogen-bond donors (Lipinski definition) is 2. The van der Waals surface area contributed by atoms with Gasteiger partial charge in [0, 0.05) is 46.3 Å². The Hall–Kier alpha value is -1.77. The summed E-state index contributed by atoms with van der Waals surface area (Å²) in [5, 5.41) is 11.3. The molecule has 154 valence electrons. The monoisotopic (exact) mass is 447 g/mol. The van der Waals surface area contributed by atoms with Gasteiger partial charge in [0.05, 0.1) is 4.88 Å². The molecule has 0 saturated carbocycles. The van der Waals surface area contributed by atoms with Gasteiger partial charge in [-0.25, -0.2) is 0 Å². The molecule has 0 unspecified atom stereocenters. The summed E-state index contributed by atoms with van der Waals surface area (Å²) in [6, 6.07) is 9.39.